The average molecular weight is 255 g/mol. The van der Waals surface area contributed by atoms with Crippen molar-refractivity contribution in [2.75, 3.05) is 25.4 Å². The maximum atomic E-state index is 12.2. The first-order chi connectivity index (χ1) is 8.41. The fraction of sp³-hybridized carbons (Fsp3) is 0.700. The lowest BCUT2D eigenvalue weighted by Gasteiger charge is -2.41. The minimum absolute atomic E-state index is 0.0320. The van der Waals surface area contributed by atoms with E-state index in [4.69, 9.17) is 10.5 Å². The summed E-state index contributed by atoms with van der Waals surface area (Å²) in [4.78, 5) is 17.5. The maximum Gasteiger partial charge on any atom is 0.291 e. The summed E-state index contributed by atoms with van der Waals surface area (Å²) in [7, 11) is 0. The molecule has 100 valence electrons. The lowest BCUT2D eigenvalue weighted by atomic mass is 10.1. The molecule has 18 heavy (non-hydrogen) atoms. The Morgan fingerprint density at radius 3 is 3.00 bits per heavy atom. The zero-order valence-corrected chi connectivity index (χ0v) is 10.4. The molecule has 0 radical (unpaired) electrons. The van der Waals surface area contributed by atoms with Crippen LogP contribution in [0.2, 0.25) is 0 Å². The number of ether oxygens (including phenoxy) is 1. The summed E-state index contributed by atoms with van der Waals surface area (Å²) in [5, 5.41) is 15.3. The highest BCUT2D eigenvalue weighted by atomic mass is 16.5. The third-order valence-corrected chi connectivity index (χ3v) is 2.68. The number of nitrogens with one attached hydrogen (secondary N) is 1. The Morgan fingerprint density at radius 1 is 1.72 bits per heavy atom. The van der Waals surface area contributed by atoms with E-state index in [0.717, 1.165) is 0 Å². The smallest absolute Gasteiger partial charge is 0.291 e. The highest BCUT2D eigenvalue weighted by Gasteiger charge is 2.36. The zero-order chi connectivity index (χ0) is 13.3. The second-order valence-electron chi connectivity index (χ2n) is 4.91. The predicted octanol–water partition coefficient (Wildman–Crippen LogP) is -1.00. The standard InChI is InChI=1S/C10H17N5O3/c1-10(2)5-15(3-6(4-16)18-10)8(17)7-12-9(11)14-13-7/h6,16H,3-5H2,1-2H3,(H3,11,12,13,14). The van der Waals surface area contributed by atoms with Crippen molar-refractivity contribution in [2.45, 2.75) is 25.6 Å². The number of morpholine rings is 1. The molecule has 1 aromatic heterocycles. The van der Waals surface area contributed by atoms with E-state index in [1.165, 1.54) is 0 Å². The van der Waals surface area contributed by atoms with Gasteiger partial charge in [-0.05, 0) is 13.8 Å². The van der Waals surface area contributed by atoms with Crippen LogP contribution in [0.25, 0.3) is 0 Å². The first-order valence-electron chi connectivity index (χ1n) is 5.67. The summed E-state index contributed by atoms with van der Waals surface area (Å²) in [6.45, 7) is 4.34. The molecular weight excluding hydrogens is 238 g/mol. The number of carbonyl (C=O) groups excluding carboxylic acids is 1. The van der Waals surface area contributed by atoms with Gasteiger partial charge in [0.1, 0.15) is 0 Å². The molecule has 1 aromatic rings. The molecule has 1 fully saturated rings. The quantitative estimate of drug-likeness (QED) is 0.624. The van der Waals surface area contributed by atoms with Crippen LogP contribution >= 0.6 is 0 Å². The predicted molar refractivity (Wildman–Crippen MR) is 62.7 cm³/mol. The van der Waals surface area contributed by atoms with Gasteiger partial charge < -0.3 is 20.5 Å². The molecule has 1 aliphatic heterocycles. The van der Waals surface area contributed by atoms with E-state index in [0.29, 0.717) is 13.1 Å². The Balaban J connectivity index is 2.14. The van der Waals surface area contributed by atoms with E-state index in [-0.39, 0.29) is 24.3 Å². The summed E-state index contributed by atoms with van der Waals surface area (Å²) in [6.07, 6.45) is -0.391. The molecule has 0 saturated carbocycles. The van der Waals surface area contributed by atoms with Crippen molar-refractivity contribution in [1.29, 1.82) is 0 Å². The fourth-order valence-electron chi connectivity index (χ4n) is 2.07. The Morgan fingerprint density at radius 2 is 2.44 bits per heavy atom. The van der Waals surface area contributed by atoms with Crippen LogP contribution in [-0.4, -0.2) is 62.5 Å². The van der Waals surface area contributed by atoms with Gasteiger partial charge in [0.25, 0.3) is 5.91 Å². The monoisotopic (exact) mass is 255 g/mol. The number of nitrogen functional groups attached to an aromatic ring is 1. The highest BCUT2D eigenvalue weighted by Crippen LogP contribution is 2.21. The number of nitrogens with two attached hydrogens (primary N) is 1. The van der Waals surface area contributed by atoms with Crippen molar-refractivity contribution in [1.82, 2.24) is 20.1 Å². The molecule has 8 heteroatoms. The number of hydrogen-bond donors (Lipinski definition) is 3. The second kappa shape index (κ2) is 4.54. The number of rotatable bonds is 2. The molecule has 1 atom stereocenters. The molecular formula is C10H17N5O3. The van der Waals surface area contributed by atoms with Crippen molar-refractivity contribution in [2.24, 2.45) is 0 Å². The number of aliphatic hydroxyl groups is 1. The van der Waals surface area contributed by atoms with Gasteiger partial charge in [0.05, 0.1) is 18.3 Å². The normalized spacial score (nSPS) is 23.1. The van der Waals surface area contributed by atoms with Gasteiger partial charge in [0.2, 0.25) is 11.8 Å². The van der Waals surface area contributed by atoms with Crippen LogP contribution in [0.1, 0.15) is 24.5 Å². The molecule has 2 heterocycles. The Bertz CT molecular complexity index is 444. The molecule has 1 aliphatic rings. The van der Waals surface area contributed by atoms with Crippen LogP contribution < -0.4 is 5.73 Å². The SMILES string of the molecule is CC1(C)CN(C(=O)c2nc(N)n[nH]2)CC(CO)O1. The molecule has 1 saturated heterocycles. The molecule has 1 amide bonds. The van der Waals surface area contributed by atoms with Gasteiger partial charge in [0.15, 0.2) is 0 Å². The third kappa shape index (κ3) is 2.59. The zero-order valence-electron chi connectivity index (χ0n) is 10.4. The van der Waals surface area contributed by atoms with Gasteiger partial charge in [-0.3, -0.25) is 9.89 Å². The summed E-state index contributed by atoms with van der Waals surface area (Å²) in [5.74, 6) is -0.166. The van der Waals surface area contributed by atoms with Gasteiger partial charge in [0, 0.05) is 13.1 Å². The van der Waals surface area contributed by atoms with Crippen LogP contribution in [0.15, 0.2) is 0 Å². The van der Waals surface area contributed by atoms with Gasteiger partial charge in [-0.25, -0.2) is 0 Å². The minimum atomic E-state index is -0.507. The molecule has 4 N–H and O–H groups in total. The molecule has 1 unspecified atom stereocenters. The molecule has 0 bridgehead atoms. The van der Waals surface area contributed by atoms with Crippen LogP contribution in [0.3, 0.4) is 0 Å². The van der Waals surface area contributed by atoms with Gasteiger partial charge in [-0.15, -0.1) is 5.10 Å². The summed E-state index contributed by atoms with van der Waals surface area (Å²) in [6, 6.07) is 0. The van der Waals surface area contributed by atoms with E-state index < -0.39 is 11.7 Å². The van der Waals surface area contributed by atoms with Crippen LogP contribution in [0.4, 0.5) is 5.95 Å². The molecule has 0 aromatic carbocycles. The van der Waals surface area contributed by atoms with Gasteiger partial charge in [-0.1, -0.05) is 0 Å². The Hall–Kier alpha value is -1.67. The number of anilines is 1. The van der Waals surface area contributed by atoms with Crippen molar-refractivity contribution in [3.63, 3.8) is 0 Å². The molecule has 0 aliphatic carbocycles. The average Bonchev–Trinajstić information content (AvgIpc) is 2.72. The molecule has 0 spiro atoms. The number of hydrogen-bond acceptors (Lipinski definition) is 6. The molecule has 2 rings (SSSR count). The first-order valence-corrected chi connectivity index (χ1v) is 5.67. The Labute approximate surface area is 104 Å². The van der Waals surface area contributed by atoms with Gasteiger partial charge >= 0.3 is 0 Å². The number of aromatic amines is 1. The van der Waals surface area contributed by atoms with Crippen LogP contribution in [-0.2, 0) is 4.74 Å². The van der Waals surface area contributed by atoms with E-state index in [1.807, 2.05) is 13.8 Å². The fourth-order valence-corrected chi connectivity index (χ4v) is 2.07. The number of nitrogens with zero attached hydrogens (tertiary/aromatic N) is 3. The summed E-state index contributed by atoms with van der Waals surface area (Å²) >= 11 is 0. The number of aromatic nitrogens is 3. The van der Waals surface area contributed by atoms with E-state index in [1.54, 1.807) is 4.90 Å². The highest BCUT2D eigenvalue weighted by molar-refractivity contribution is 5.90. The maximum absolute atomic E-state index is 12.2. The number of amides is 1. The Kier molecular flexibility index (Phi) is 3.22. The summed E-state index contributed by atoms with van der Waals surface area (Å²) in [5.41, 5.74) is 4.86. The van der Waals surface area contributed by atoms with Crippen molar-refractivity contribution in [3.8, 4) is 0 Å². The van der Waals surface area contributed by atoms with Crippen LogP contribution in [0, 0.1) is 0 Å². The minimum Gasteiger partial charge on any atom is -0.394 e. The third-order valence-electron chi connectivity index (χ3n) is 2.68. The van der Waals surface area contributed by atoms with Gasteiger partial charge in [-0.2, -0.15) is 4.98 Å². The van der Waals surface area contributed by atoms with E-state index >= 15 is 0 Å². The van der Waals surface area contributed by atoms with Crippen molar-refractivity contribution >= 4 is 11.9 Å². The number of H-pyrrole nitrogens is 1. The van der Waals surface area contributed by atoms with E-state index in [2.05, 4.69) is 15.2 Å². The lowest BCUT2D eigenvalue weighted by molar-refractivity contribution is -0.139. The van der Waals surface area contributed by atoms with Crippen LogP contribution in [0.5, 0.6) is 0 Å². The number of aliphatic hydroxyl groups excluding tert-OH is 1. The summed E-state index contributed by atoms with van der Waals surface area (Å²) < 4.78 is 5.63. The van der Waals surface area contributed by atoms with E-state index in [9.17, 15) is 9.90 Å². The largest absolute Gasteiger partial charge is 0.394 e. The van der Waals surface area contributed by atoms with Crippen molar-refractivity contribution in [3.05, 3.63) is 5.82 Å². The first kappa shape index (κ1) is 12.8. The number of carbonyl (C=O) groups is 1. The topological polar surface area (TPSA) is 117 Å². The van der Waals surface area contributed by atoms with Crippen molar-refractivity contribution < 1.29 is 14.6 Å². The second-order valence-corrected chi connectivity index (χ2v) is 4.91. The lowest BCUT2D eigenvalue weighted by Crippen LogP contribution is -2.55. The molecule has 8 nitrogen and oxygen atoms in total.